The van der Waals surface area contributed by atoms with Crippen molar-refractivity contribution in [3.8, 4) is 5.75 Å². The number of benzene rings is 1. The minimum Gasteiger partial charge on any atom is -0.493 e. The molecule has 1 rings (SSSR count). The number of nitrogens with one attached hydrogen (secondary N) is 2. The second kappa shape index (κ2) is 13.5. The third-order valence-corrected chi connectivity index (χ3v) is 3.54. The van der Waals surface area contributed by atoms with Crippen LogP contribution >= 0.6 is 0 Å². The van der Waals surface area contributed by atoms with Gasteiger partial charge in [-0.3, -0.25) is 0 Å². The first-order chi connectivity index (χ1) is 12.2. The zero-order valence-corrected chi connectivity index (χ0v) is 16.1. The van der Waals surface area contributed by atoms with E-state index >= 15 is 0 Å². The van der Waals surface area contributed by atoms with Gasteiger partial charge in [0.05, 0.1) is 13.2 Å². The summed E-state index contributed by atoms with van der Waals surface area (Å²) >= 11 is 0. The van der Waals surface area contributed by atoms with E-state index < -0.39 is 0 Å². The van der Waals surface area contributed by atoms with E-state index in [4.69, 9.17) is 14.2 Å². The average molecular weight is 351 g/mol. The fourth-order valence-electron chi connectivity index (χ4n) is 2.24. The van der Waals surface area contributed by atoms with Gasteiger partial charge in [-0.1, -0.05) is 12.1 Å². The predicted octanol–water partition coefficient (Wildman–Crippen LogP) is 2.50. The number of guanidine groups is 1. The smallest absolute Gasteiger partial charge is 0.191 e. The molecule has 0 unspecified atom stereocenters. The SMILES string of the molecule is CCNC(=NCc1ccc(C)cc1OCCCOC)NCCCOC. The predicted molar refractivity (Wildman–Crippen MR) is 102 cm³/mol. The van der Waals surface area contributed by atoms with Crippen LogP contribution in [0.15, 0.2) is 23.2 Å². The van der Waals surface area contributed by atoms with E-state index in [1.54, 1.807) is 14.2 Å². The minimum absolute atomic E-state index is 0.569. The third kappa shape index (κ3) is 9.31. The van der Waals surface area contributed by atoms with Gasteiger partial charge in [0.15, 0.2) is 5.96 Å². The maximum atomic E-state index is 5.92. The molecule has 0 aliphatic carbocycles. The second-order valence-electron chi connectivity index (χ2n) is 5.77. The molecule has 142 valence electrons. The lowest BCUT2D eigenvalue weighted by Gasteiger charge is -2.13. The maximum Gasteiger partial charge on any atom is 0.191 e. The van der Waals surface area contributed by atoms with E-state index in [-0.39, 0.29) is 0 Å². The summed E-state index contributed by atoms with van der Waals surface area (Å²) in [6, 6.07) is 6.24. The molecule has 6 heteroatoms. The molecule has 0 aliphatic heterocycles. The Labute approximate surface area is 152 Å². The van der Waals surface area contributed by atoms with Gasteiger partial charge < -0.3 is 24.8 Å². The van der Waals surface area contributed by atoms with E-state index in [1.807, 2.05) is 0 Å². The summed E-state index contributed by atoms with van der Waals surface area (Å²) in [6.45, 7) is 8.43. The molecule has 0 heterocycles. The Morgan fingerprint density at radius 3 is 2.52 bits per heavy atom. The number of nitrogens with zero attached hydrogens (tertiary/aromatic N) is 1. The monoisotopic (exact) mass is 351 g/mol. The number of hydrogen-bond acceptors (Lipinski definition) is 4. The van der Waals surface area contributed by atoms with Crippen molar-refractivity contribution in [2.24, 2.45) is 4.99 Å². The van der Waals surface area contributed by atoms with Crippen LogP contribution < -0.4 is 15.4 Å². The molecule has 0 radical (unpaired) electrons. The van der Waals surface area contributed by atoms with Crippen molar-refractivity contribution in [3.05, 3.63) is 29.3 Å². The summed E-state index contributed by atoms with van der Waals surface area (Å²) in [5.74, 6) is 1.71. The highest BCUT2D eigenvalue weighted by Crippen LogP contribution is 2.21. The number of aliphatic imine (C=N–C) groups is 1. The standard InChI is InChI=1S/C19H33N3O3/c1-5-20-19(21-10-6-11-23-3)22-15-17-9-8-16(2)14-18(17)25-13-7-12-24-4/h8-9,14H,5-7,10-13,15H2,1-4H3,(H2,20,21,22). The van der Waals surface area contributed by atoms with E-state index in [2.05, 4.69) is 47.7 Å². The van der Waals surface area contributed by atoms with Crippen LogP contribution in [0.3, 0.4) is 0 Å². The van der Waals surface area contributed by atoms with Crippen LogP contribution in [0.25, 0.3) is 0 Å². The minimum atomic E-state index is 0.569. The molecule has 1 aromatic carbocycles. The molecule has 1 aromatic rings. The quantitative estimate of drug-likeness (QED) is 0.344. The number of aryl methyl sites for hydroxylation is 1. The maximum absolute atomic E-state index is 5.92. The van der Waals surface area contributed by atoms with Crippen LogP contribution in [0, 0.1) is 6.92 Å². The normalized spacial score (nSPS) is 11.4. The summed E-state index contributed by atoms with van der Waals surface area (Å²) in [7, 11) is 3.42. The van der Waals surface area contributed by atoms with Crippen molar-refractivity contribution >= 4 is 5.96 Å². The van der Waals surface area contributed by atoms with E-state index in [9.17, 15) is 0 Å². The molecule has 2 N–H and O–H groups in total. The van der Waals surface area contributed by atoms with Gasteiger partial charge >= 0.3 is 0 Å². The molecule has 6 nitrogen and oxygen atoms in total. The molecular weight excluding hydrogens is 318 g/mol. The highest BCUT2D eigenvalue weighted by molar-refractivity contribution is 5.79. The molecule has 0 spiro atoms. The molecule has 0 saturated carbocycles. The van der Waals surface area contributed by atoms with Crippen molar-refractivity contribution in [1.82, 2.24) is 10.6 Å². The molecule has 0 fully saturated rings. The fourth-order valence-corrected chi connectivity index (χ4v) is 2.24. The van der Waals surface area contributed by atoms with Gasteiger partial charge in [-0.05, 0) is 31.9 Å². The Morgan fingerprint density at radius 2 is 1.80 bits per heavy atom. The fraction of sp³-hybridized carbons (Fsp3) is 0.632. The average Bonchev–Trinajstić information content (AvgIpc) is 2.61. The zero-order valence-electron chi connectivity index (χ0n) is 16.1. The van der Waals surface area contributed by atoms with Gasteiger partial charge in [0.1, 0.15) is 5.75 Å². The highest BCUT2D eigenvalue weighted by atomic mass is 16.5. The molecule has 0 amide bonds. The first-order valence-corrected chi connectivity index (χ1v) is 8.93. The van der Waals surface area contributed by atoms with Crippen molar-refractivity contribution in [1.29, 1.82) is 0 Å². The number of rotatable bonds is 12. The van der Waals surface area contributed by atoms with Crippen molar-refractivity contribution < 1.29 is 14.2 Å². The van der Waals surface area contributed by atoms with Crippen LogP contribution in [0.5, 0.6) is 5.75 Å². The topological polar surface area (TPSA) is 64.1 Å². The van der Waals surface area contributed by atoms with E-state index in [1.165, 1.54) is 5.56 Å². The van der Waals surface area contributed by atoms with Crippen LogP contribution in [-0.2, 0) is 16.0 Å². The van der Waals surface area contributed by atoms with Crippen molar-refractivity contribution in [2.75, 3.05) is 47.1 Å². The van der Waals surface area contributed by atoms with Crippen molar-refractivity contribution in [2.45, 2.75) is 33.2 Å². The van der Waals surface area contributed by atoms with Gasteiger partial charge in [-0.2, -0.15) is 0 Å². The first kappa shape index (κ1) is 21.3. The summed E-state index contributed by atoms with van der Waals surface area (Å²) in [5, 5.41) is 6.58. The summed E-state index contributed by atoms with van der Waals surface area (Å²) in [6.07, 6.45) is 1.82. The van der Waals surface area contributed by atoms with Gasteiger partial charge in [0, 0.05) is 52.5 Å². The van der Waals surface area contributed by atoms with Crippen LogP contribution in [0.2, 0.25) is 0 Å². The lowest BCUT2D eigenvalue weighted by Crippen LogP contribution is -2.38. The molecule has 0 saturated heterocycles. The second-order valence-corrected chi connectivity index (χ2v) is 5.77. The van der Waals surface area contributed by atoms with Gasteiger partial charge in [-0.15, -0.1) is 0 Å². The van der Waals surface area contributed by atoms with Gasteiger partial charge in [0.2, 0.25) is 0 Å². The lowest BCUT2D eigenvalue weighted by molar-refractivity contribution is 0.172. The Bertz CT molecular complexity index is 507. The molecule has 0 aliphatic rings. The molecule has 0 aromatic heterocycles. The van der Waals surface area contributed by atoms with Crippen LogP contribution in [-0.4, -0.2) is 53.1 Å². The Balaban J connectivity index is 2.66. The lowest BCUT2D eigenvalue weighted by atomic mass is 10.1. The molecular formula is C19H33N3O3. The highest BCUT2D eigenvalue weighted by Gasteiger charge is 2.05. The number of hydrogen-bond donors (Lipinski definition) is 2. The van der Waals surface area contributed by atoms with Gasteiger partial charge in [0.25, 0.3) is 0 Å². The van der Waals surface area contributed by atoms with Crippen LogP contribution in [0.4, 0.5) is 0 Å². The Kier molecular flexibility index (Phi) is 11.5. The Morgan fingerprint density at radius 1 is 1.04 bits per heavy atom. The van der Waals surface area contributed by atoms with Crippen molar-refractivity contribution in [3.63, 3.8) is 0 Å². The van der Waals surface area contributed by atoms with E-state index in [0.29, 0.717) is 19.8 Å². The molecule has 0 bridgehead atoms. The Hall–Kier alpha value is -1.79. The summed E-state index contributed by atoms with van der Waals surface area (Å²) in [5.41, 5.74) is 2.26. The first-order valence-electron chi connectivity index (χ1n) is 8.93. The molecule has 25 heavy (non-hydrogen) atoms. The largest absolute Gasteiger partial charge is 0.493 e. The molecule has 0 atom stereocenters. The summed E-state index contributed by atoms with van der Waals surface area (Å²) in [4.78, 5) is 4.67. The number of ether oxygens (including phenoxy) is 3. The van der Waals surface area contributed by atoms with Gasteiger partial charge in [-0.25, -0.2) is 4.99 Å². The van der Waals surface area contributed by atoms with Crippen LogP contribution in [0.1, 0.15) is 30.9 Å². The summed E-state index contributed by atoms with van der Waals surface area (Å²) < 4.78 is 16.1. The number of methoxy groups -OCH3 is 2. The third-order valence-electron chi connectivity index (χ3n) is 3.54. The van der Waals surface area contributed by atoms with E-state index in [0.717, 1.165) is 49.8 Å². The zero-order chi connectivity index (χ0) is 18.3.